The van der Waals surface area contributed by atoms with Gasteiger partial charge in [-0.1, -0.05) is 24.3 Å². The molecule has 1 fully saturated rings. The molecule has 1 saturated heterocycles. The normalized spacial score (nSPS) is 26.9. The van der Waals surface area contributed by atoms with Crippen LogP contribution in [0.1, 0.15) is 6.42 Å². The minimum absolute atomic E-state index is 0.430. The molecule has 0 aromatic rings. The monoisotopic (exact) mass is 271 g/mol. The van der Waals surface area contributed by atoms with Crippen molar-refractivity contribution in [1.82, 2.24) is 13.5 Å². The van der Waals surface area contributed by atoms with Gasteiger partial charge < -0.3 is 0 Å². The molecule has 0 bridgehead atoms. The molecule has 2 aliphatic rings. The first-order valence-corrected chi connectivity index (χ1v) is 7.66. The van der Waals surface area contributed by atoms with Crippen LogP contribution in [0.3, 0.4) is 0 Å². The van der Waals surface area contributed by atoms with Crippen LogP contribution in [0.15, 0.2) is 24.3 Å². The topological polar surface area (TPSA) is 43.9 Å². The van der Waals surface area contributed by atoms with Gasteiger partial charge in [-0.05, 0) is 6.42 Å². The van der Waals surface area contributed by atoms with Crippen molar-refractivity contribution in [3.8, 4) is 0 Å². The summed E-state index contributed by atoms with van der Waals surface area (Å²) in [6.45, 7) is 2.76. The Morgan fingerprint density at radius 1 is 1.11 bits per heavy atom. The van der Waals surface area contributed by atoms with Crippen LogP contribution in [0.25, 0.3) is 0 Å². The van der Waals surface area contributed by atoms with Crippen molar-refractivity contribution in [3.05, 3.63) is 24.3 Å². The molecule has 1 heterocycles. The van der Waals surface area contributed by atoms with Crippen LogP contribution in [0, 0.1) is 0 Å². The Bertz CT molecular complexity index is 434. The molecular weight excluding hydrogens is 250 g/mol. The molecule has 0 amide bonds. The zero-order chi connectivity index (χ0) is 13.2. The lowest BCUT2D eigenvalue weighted by molar-refractivity contribution is 0.155. The molecule has 0 radical (unpaired) electrons. The number of allylic oxidation sites excluding steroid dienone is 2. The lowest BCUT2D eigenvalue weighted by Gasteiger charge is -2.38. The van der Waals surface area contributed by atoms with E-state index in [0.717, 1.165) is 19.5 Å². The Labute approximate surface area is 110 Å². The summed E-state index contributed by atoms with van der Waals surface area (Å²) in [5.41, 5.74) is 0. The van der Waals surface area contributed by atoms with Crippen LogP contribution in [0.5, 0.6) is 0 Å². The van der Waals surface area contributed by atoms with Crippen LogP contribution in [-0.4, -0.2) is 68.2 Å². The Morgan fingerprint density at radius 2 is 1.78 bits per heavy atom. The maximum atomic E-state index is 12.0. The van der Waals surface area contributed by atoms with E-state index in [4.69, 9.17) is 0 Å². The van der Waals surface area contributed by atoms with Crippen LogP contribution in [0.2, 0.25) is 0 Å². The van der Waals surface area contributed by atoms with E-state index in [0.29, 0.717) is 19.1 Å². The molecule has 0 spiro atoms. The molecule has 0 aromatic carbocycles. The lowest BCUT2D eigenvalue weighted by Crippen LogP contribution is -2.53. The molecule has 6 heteroatoms. The van der Waals surface area contributed by atoms with Gasteiger partial charge >= 0.3 is 0 Å². The first-order chi connectivity index (χ1) is 8.51. The minimum Gasteiger partial charge on any atom is -0.294 e. The van der Waals surface area contributed by atoms with Crippen molar-refractivity contribution in [2.24, 2.45) is 0 Å². The molecular formula is C12H21N3O2S. The molecule has 1 aliphatic carbocycles. The largest absolute Gasteiger partial charge is 0.294 e. The van der Waals surface area contributed by atoms with Crippen molar-refractivity contribution in [2.75, 3.05) is 40.3 Å². The van der Waals surface area contributed by atoms with Crippen molar-refractivity contribution in [1.29, 1.82) is 0 Å². The molecule has 1 aliphatic heterocycles. The van der Waals surface area contributed by atoms with E-state index in [-0.39, 0.29) is 0 Å². The zero-order valence-corrected chi connectivity index (χ0v) is 11.8. The van der Waals surface area contributed by atoms with Crippen molar-refractivity contribution >= 4 is 10.2 Å². The fourth-order valence-electron chi connectivity index (χ4n) is 2.34. The number of nitrogens with zero attached hydrogens (tertiary/aromatic N) is 3. The van der Waals surface area contributed by atoms with E-state index in [9.17, 15) is 8.42 Å². The van der Waals surface area contributed by atoms with E-state index in [2.05, 4.69) is 29.2 Å². The van der Waals surface area contributed by atoms with Gasteiger partial charge in [-0.15, -0.1) is 0 Å². The second-order valence-electron chi connectivity index (χ2n) is 4.84. The Hall–Kier alpha value is -0.690. The summed E-state index contributed by atoms with van der Waals surface area (Å²) in [5, 5.41) is 0. The highest BCUT2D eigenvalue weighted by atomic mass is 32.2. The number of hydrogen-bond donors (Lipinski definition) is 0. The van der Waals surface area contributed by atoms with E-state index in [1.165, 1.54) is 4.31 Å². The summed E-state index contributed by atoms with van der Waals surface area (Å²) < 4.78 is 26.8. The van der Waals surface area contributed by atoms with E-state index >= 15 is 0 Å². The molecule has 0 saturated carbocycles. The van der Waals surface area contributed by atoms with Crippen molar-refractivity contribution in [3.63, 3.8) is 0 Å². The van der Waals surface area contributed by atoms with Gasteiger partial charge in [0.1, 0.15) is 0 Å². The average molecular weight is 271 g/mol. The molecule has 1 unspecified atom stereocenters. The summed E-state index contributed by atoms with van der Waals surface area (Å²) in [6.07, 6.45) is 9.50. The molecule has 1 atom stereocenters. The lowest BCUT2D eigenvalue weighted by atomic mass is 10.1. The van der Waals surface area contributed by atoms with Gasteiger partial charge in [-0.3, -0.25) is 4.90 Å². The van der Waals surface area contributed by atoms with Crippen molar-refractivity contribution in [2.45, 2.75) is 12.5 Å². The van der Waals surface area contributed by atoms with Gasteiger partial charge in [-0.25, -0.2) is 0 Å². The second-order valence-corrected chi connectivity index (χ2v) is 6.98. The van der Waals surface area contributed by atoms with Gasteiger partial charge in [-0.2, -0.15) is 17.0 Å². The molecule has 0 N–H and O–H groups in total. The predicted molar refractivity (Wildman–Crippen MR) is 72.4 cm³/mol. The van der Waals surface area contributed by atoms with Crippen LogP contribution in [-0.2, 0) is 10.2 Å². The maximum absolute atomic E-state index is 12.0. The summed E-state index contributed by atoms with van der Waals surface area (Å²) in [7, 11) is -0.0866. The third kappa shape index (κ3) is 2.83. The van der Waals surface area contributed by atoms with Gasteiger partial charge in [0.25, 0.3) is 10.2 Å². The van der Waals surface area contributed by atoms with Gasteiger partial charge in [0, 0.05) is 46.3 Å². The standard InChI is InChI=1S/C12H21N3O2S/c1-13(2)18(16,17)15-10-8-14(9-11-15)12-6-4-3-5-7-12/h3-6,12H,7-11H2,1-2H3. The molecule has 18 heavy (non-hydrogen) atoms. The highest BCUT2D eigenvalue weighted by Crippen LogP contribution is 2.16. The first kappa shape index (κ1) is 13.7. The summed E-state index contributed by atoms with van der Waals surface area (Å²) in [4.78, 5) is 2.35. The summed E-state index contributed by atoms with van der Waals surface area (Å²) >= 11 is 0. The second kappa shape index (κ2) is 5.52. The van der Waals surface area contributed by atoms with E-state index < -0.39 is 10.2 Å². The van der Waals surface area contributed by atoms with Crippen molar-refractivity contribution < 1.29 is 8.42 Å². The minimum atomic E-state index is -3.25. The van der Waals surface area contributed by atoms with Crippen LogP contribution >= 0.6 is 0 Å². The smallest absolute Gasteiger partial charge is 0.281 e. The molecule has 0 aromatic heterocycles. The SMILES string of the molecule is CN(C)S(=O)(=O)N1CCN(C2C=CC=CC2)CC1. The first-order valence-electron chi connectivity index (χ1n) is 6.27. The highest BCUT2D eigenvalue weighted by molar-refractivity contribution is 7.86. The van der Waals surface area contributed by atoms with Crippen LogP contribution in [0.4, 0.5) is 0 Å². The maximum Gasteiger partial charge on any atom is 0.281 e. The third-order valence-electron chi connectivity index (χ3n) is 3.49. The quantitative estimate of drug-likeness (QED) is 0.741. The Kier molecular flexibility index (Phi) is 4.21. The Balaban J connectivity index is 1.92. The summed E-state index contributed by atoms with van der Waals surface area (Å²) in [5.74, 6) is 0. The van der Waals surface area contributed by atoms with Crippen LogP contribution < -0.4 is 0 Å². The zero-order valence-electron chi connectivity index (χ0n) is 11.0. The predicted octanol–water partition coefficient (Wildman–Crippen LogP) is 0.295. The van der Waals surface area contributed by atoms with Gasteiger partial charge in [0.15, 0.2) is 0 Å². The number of hydrogen-bond acceptors (Lipinski definition) is 3. The number of rotatable bonds is 3. The highest BCUT2D eigenvalue weighted by Gasteiger charge is 2.30. The van der Waals surface area contributed by atoms with E-state index in [1.54, 1.807) is 18.4 Å². The molecule has 102 valence electrons. The van der Waals surface area contributed by atoms with E-state index in [1.807, 2.05) is 0 Å². The fraction of sp³-hybridized carbons (Fsp3) is 0.667. The average Bonchev–Trinajstić information content (AvgIpc) is 2.40. The Morgan fingerprint density at radius 3 is 2.28 bits per heavy atom. The van der Waals surface area contributed by atoms with Gasteiger partial charge in [0.2, 0.25) is 0 Å². The molecule has 5 nitrogen and oxygen atoms in total. The molecule has 2 rings (SSSR count). The number of piperazine rings is 1. The van der Waals surface area contributed by atoms with Gasteiger partial charge in [0.05, 0.1) is 0 Å². The third-order valence-corrected chi connectivity index (χ3v) is 5.43. The summed E-state index contributed by atoms with van der Waals surface area (Å²) in [6, 6.07) is 0.430. The fourth-order valence-corrected chi connectivity index (χ4v) is 3.42.